The second-order valence-corrected chi connectivity index (χ2v) is 6.48. The summed E-state index contributed by atoms with van der Waals surface area (Å²) in [6.45, 7) is 1.97. The highest BCUT2D eigenvalue weighted by molar-refractivity contribution is 7.89. The summed E-state index contributed by atoms with van der Waals surface area (Å²) >= 11 is 0. The first-order valence-corrected chi connectivity index (χ1v) is 8.49. The minimum Gasteiger partial charge on any atom is -0.497 e. The van der Waals surface area contributed by atoms with E-state index >= 15 is 0 Å². The van der Waals surface area contributed by atoms with Crippen LogP contribution in [0.4, 0.5) is 5.69 Å². The summed E-state index contributed by atoms with van der Waals surface area (Å²) in [4.78, 5) is 12.3. The fraction of sp³-hybridized carbons (Fsp3) is 0.188. The lowest BCUT2D eigenvalue weighted by Gasteiger charge is -2.09. The molecule has 0 fully saturated rings. The van der Waals surface area contributed by atoms with Gasteiger partial charge in [-0.3, -0.25) is 4.79 Å². The van der Waals surface area contributed by atoms with Crippen molar-refractivity contribution in [2.45, 2.75) is 11.8 Å². The molecule has 6 nitrogen and oxygen atoms in total. The third-order valence-electron chi connectivity index (χ3n) is 3.07. The molecule has 0 aromatic heterocycles. The molecule has 1 amide bonds. The molecule has 0 radical (unpaired) electrons. The molecule has 2 N–H and O–H groups in total. The van der Waals surface area contributed by atoms with Crippen molar-refractivity contribution < 1.29 is 17.9 Å². The molecule has 0 aliphatic rings. The van der Waals surface area contributed by atoms with E-state index in [1.165, 1.54) is 25.3 Å². The summed E-state index contributed by atoms with van der Waals surface area (Å²) in [6, 6.07) is 12.8. The molecule has 2 rings (SSSR count). The maximum absolute atomic E-state index is 12.3. The zero-order chi connectivity index (χ0) is 16.9. The summed E-state index contributed by atoms with van der Waals surface area (Å²) < 4.78 is 31.5. The van der Waals surface area contributed by atoms with Gasteiger partial charge in [0, 0.05) is 23.9 Å². The molecular weight excluding hydrogens is 316 g/mol. The van der Waals surface area contributed by atoms with Gasteiger partial charge >= 0.3 is 0 Å². The van der Waals surface area contributed by atoms with Crippen molar-refractivity contribution in [3.63, 3.8) is 0 Å². The summed E-state index contributed by atoms with van der Waals surface area (Å²) in [5.74, 6) is 0.220. The van der Waals surface area contributed by atoms with Crippen molar-refractivity contribution in [2.24, 2.45) is 0 Å². The van der Waals surface area contributed by atoms with Crippen LogP contribution in [0, 0.1) is 0 Å². The zero-order valence-electron chi connectivity index (χ0n) is 12.9. The molecule has 7 heteroatoms. The van der Waals surface area contributed by atoms with Crippen molar-refractivity contribution >= 4 is 21.6 Å². The zero-order valence-corrected chi connectivity index (χ0v) is 13.7. The van der Waals surface area contributed by atoms with Gasteiger partial charge in [-0.25, -0.2) is 13.1 Å². The highest BCUT2D eigenvalue weighted by Gasteiger charge is 2.15. The fourth-order valence-corrected chi connectivity index (χ4v) is 3.07. The van der Waals surface area contributed by atoms with E-state index in [1.54, 1.807) is 37.3 Å². The number of hydrogen-bond acceptors (Lipinski definition) is 4. The highest BCUT2D eigenvalue weighted by atomic mass is 32.2. The molecule has 2 aromatic carbocycles. The number of benzene rings is 2. The van der Waals surface area contributed by atoms with Crippen LogP contribution in [-0.2, 0) is 10.0 Å². The monoisotopic (exact) mass is 334 g/mol. The average Bonchev–Trinajstić information content (AvgIpc) is 2.55. The van der Waals surface area contributed by atoms with E-state index in [1.807, 2.05) is 0 Å². The van der Waals surface area contributed by atoms with E-state index in [0.717, 1.165) is 0 Å². The van der Waals surface area contributed by atoms with E-state index in [2.05, 4.69) is 10.0 Å². The van der Waals surface area contributed by atoms with Gasteiger partial charge in [-0.2, -0.15) is 0 Å². The Labute approximate surface area is 135 Å². The number of nitrogens with one attached hydrogen (secondary N) is 2. The first-order valence-electron chi connectivity index (χ1n) is 7.01. The third-order valence-corrected chi connectivity index (χ3v) is 4.61. The van der Waals surface area contributed by atoms with Crippen LogP contribution in [0.25, 0.3) is 0 Å². The van der Waals surface area contributed by atoms with Crippen LogP contribution in [-0.4, -0.2) is 28.0 Å². The maximum Gasteiger partial charge on any atom is 0.255 e. The second-order valence-electron chi connectivity index (χ2n) is 4.72. The van der Waals surface area contributed by atoms with Crippen LogP contribution in [0.5, 0.6) is 5.75 Å². The first-order chi connectivity index (χ1) is 11.0. The van der Waals surface area contributed by atoms with Crippen molar-refractivity contribution in [2.75, 3.05) is 19.0 Å². The number of hydrogen-bond donors (Lipinski definition) is 2. The molecule has 0 aliphatic heterocycles. The van der Waals surface area contributed by atoms with Crippen LogP contribution in [0.2, 0.25) is 0 Å². The molecule has 122 valence electrons. The average molecular weight is 334 g/mol. The number of anilines is 1. The van der Waals surface area contributed by atoms with E-state index in [4.69, 9.17) is 4.74 Å². The topological polar surface area (TPSA) is 84.5 Å². The molecule has 2 aromatic rings. The van der Waals surface area contributed by atoms with Crippen molar-refractivity contribution in [3.8, 4) is 5.75 Å². The van der Waals surface area contributed by atoms with Gasteiger partial charge in [0.1, 0.15) is 5.75 Å². The van der Waals surface area contributed by atoms with Crippen LogP contribution in [0.1, 0.15) is 17.3 Å². The SMILES string of the molecule is CCNS(=O)(=O)c1cccc(C(=O)Nc2cccc(OC)c2)c1. The van der Waals surface area contributed by atoms with Gasteiger partial charge in [0.25, 0.3) is 5.91 Å². The van der Waals surface area contributed by atoms with Gasteiger partial charge in [0.05, 0.1) is 12.0 Å². The van der Waals surface area contributed by atoms with Gasteiger partial charge in [-0.05, 0) is 30.3 Å². The predicted octanol–water partition coefficient (Wildman–Crippen LogP) is 2.25. The van der Waals surface area contributed by atoms with Gasteiger partial charge in [0.2, 0.25) is 10.0 Å². The molecule has 0 spiro atoms. The van der Waals surface area contributed by atoms with Gasteiger partial charge in [-0.1, -0.05) is 19.1 Å². The molecule has 0 unspecified atom stereocenters. The Bertz CT molecular complexity index is 803. The summed E-state index contributed by atoms with van der Waals surface area (Å²) in [6.07, 6.45) is 0. The van der Waals surface area contributed by atoms with Crippen molar-refractivity contribution in [1.29, 1.82) is 0 Å². The molecule has 0 aliphatic carbocycles. The Morgan fingerprint density at radius 3 is 2.57 bits per heavy atom. The number of ether oxygens (including phenoxy) is 1. The largest absolute Gasteiger partial charge is 0.497 e. The van der Waals surface area contributed by atoms with Gasteiger partial charge in [-0.15, -0.1) is 0 Å². The number of methoxy groups -OCH3 is 1. The number of rotatable bonds is 6. The number of carbonyl (C=O) groups is 1. The quantitative estimate of drug-likeness (QED) is 0.848. The van der Waals surface area contributed by atoms with Crippen molar-refractivity contribution in [3.05, 3.63) is 54.1 Å². The smallest absolute Gasteiger partial charge is 0.255 e. The van der Waals surface area contributed by atoms with Gasteiger partial charge in [0.15, 0.2) is 0 Å². The Balaban J connectivity index is 2.23. The number of amides is 1. The van der Waals surface area contributed by atoms with E-state index in [-0.39, 0.29) is 17.0 Å². The Morgan fingerprint density at radius 1 is 1.13 bits per heavy atom. The Hall–Kier alpha value is -2.38. The lowest BCUT2D eigenvalue weighted by Crippen LogP contribution is -2.23. The minimum absolute atomic E-state index is 0.0534. The van der Waals surface area contributed by atoms with Crippen LogP contribution >= 0.6 is 0 Å². The standard InChI is InChI=1S/C16H18N2O4S/c1-3-17-23(20,21)15-9-4-6-12(10-15)16(19)18-13-7-5-8-14(11-13)22-2/h4-11,17H,3H2,1-2H3,(H,18,19). The van der Waals surface area contributed by atoms with E-state index in [9.17, 15) is 13.2 Å². The molecule has 0 saturated carbocycles. The molecule has 23 heavy (non-hydrogen) atoms. The van der Waals surface area contributed by atoms with E-state index in [0.29, 0.717) is 11.4 Å². The summed E-state index contributed by atoms with van der Waals surface area (Å²) in [7, 11) is -2.06. The number of carbonyl (C=O) groups excluding carboxylic acids is 1. The van der Waals surface area contributed by atoms with Crippen LogP contribution < -0.4 is 14.8 Å². The van der Waals surface area contributed by atoms with Crippen LogP contribution in [0.15, 0.2) is 53.4 Å². The fourth-order valence-electron chi connectivity index (χ4n) is 1.98. The van der Waals surface area contributed by atoms with E-state index < -0.39 is 15.9 Å². The second kappa shape index (κ2) is 7.26. The summed E-state index contributed by atoms with van der Waals surface area (Å²) in [5.41, 5.74) is 0.820. The summed E-state index contributed by atoms with van der Waals surface area (Å²) in [5, 5.41) is 2.71. The third kappa shape index (κ3) is 4.30. The highest BCUT2D eigenvalue weighted by Crippen LogP contribution is 2.18. The molecule has 0 saturated heterocycles. The molecule has 0 heterocycles. The number of sulfonamides is 1. The molecule has 0 bridgehead atoms. The predicted molar refractivity (Wildman–Crippen MR) is 88.3 cm³/mol. The maximum atomic E-state index is 12.3. The lowest BCUT2D eigenvalue weighted by atomic mass is 10.2. The minimum atomic E-state index is -3.60. The van der Waals surface area contributed by atoms with Crippen LogP contribution in [0.3, 0.4) is 0 Å². The van der Waals surface area contributed by atoms with Gasteiger partial charge < -0.3 is 10.1 Å². The molecule has 0 atom stereocenters. The lowest BCUT2D eigenvalue weighted by molar-refractivity contribution is 0.102. The Kier molecular flexibility index (Phi) is 5.36. The normalized spacial score (nSPS) is 11.0. The first kappa shape index (κ1) is 17.0. The molecular formula is C16H18N2O4S. The Morgan fingerprint density at radius 2 is 1.87 bits per heavy atom. The van der Waals surface area contributed by atoms with Crippen molar-refractivity contribution in [1.82, 2.24) is 4.72 Å².